The first kappa shape index (κ1) is 21.0. The van der Waals surface area contributed by atoms with Crippen molar-refractivity contribution in [1.29, 1.82) is 0 Å². The second-order valence-electron chi connectivity index (χ2n) is 7.12. The third-order valence-corrected chi connectivity index (χ3v) is 4.83. The zero-order chi connectivity index (χ0) is 22.3. The van der Waals surface area contributed by atoms with Gasteiger partial charge in [0, 0.05) is 18.0 Å². The number of nitrogens with one attached hydrogen (secondary N) is 2. The highest BCUT2D eigenvalue weighted by Gasteiger charge is 2.21. The van der Waals surface area contributed by atoms with Crippen LogP contribution in [0.15, 0.2) is 97.2 Å². The molecule has 1 unspecified atom stereocenters. The topological polar surface area (TPSA) is 70.2 Å². The molecule has 0 saturated carbocycles. The number of rotatable bonds is 6. The van der Waals surface area contributed by atoms with Crippen LogP contribution >= 0.6 is 0 Å². The lowest BCUT2D eigenvalue weighted by Crippen LogP contribution is -2.31. The van der Waals surface area contributed by atoms with E-state index < -0.39 is 6.03 Å². The van der Waals surface area contributed by atoms with Crippen LogP contribution in [-0.4, -0.2) is 16.0 Å². The van der Waals surface area contributed by atoms with E-state index in [9.17, 15) is 9.18 Å². The van der Waals surface area contributed by atoms with E-state index in [2.05, 4.69) is 20.6 Å². The first-order valence-corrected chi connectivity index (χ1v) is 10.2. The molecule has 0 aliphatic carbocycles. The minimum atomic E-state index is -0.427. The number of para-hydroxylation sites is 1. The van der Waals surface area contributed by atoms with Gasteiger partial charge in [0.1, 0.15) is 11.6 Å². The van der Waals surface area contributed by atoms with Crippen LogP contribution in [0.25, 0.3) is 0 Å². The Morgan fingerprint density at radius 1 is 0.906 bits per heavy atom. The molecule has 1 atom stereocenters. The Balaban J connectivity index is 1.64. The van der Waals surface area contributed by atoms with Crippen molar-refractivity contribution >= 4 is 29.2 Å². The Morgan fingerprint density at radius 3 is 2.25 bits per heavy atom. The Morgan fingerprint density at radius 2 is 1.56 bits per heavy atom. The summed E-state index contributed by atoms with van der Waals surface area (Å²) in [5.41, 5.74) is 2.19. The fraction of sp³-hybridized carbons (Fsp3) is 0.0800. The Hall–Kier alpha value is -4.26. The van der Waals surface area contributed by atoms with Crippen LogP contribution < -0.4 is 15.5 Å². The van der Waals surface area contributed by atoms with Crippen LogP contribution in [-0.2, 0) is 0 Å². The van der Waals surface area contributed by atoms with Crippen LogP contribution in [0.1, 0.15) is 18.5 Å². The van der Waals surface area contributed by atoms with E-state index >= 15 is 0 Å². The summed E-state index contributed by atoms with van der Waals surface area (Å²) in [6.45, 7) is 2.01. The van der Waals surface area contributed by atoms with E-state index in [1.165, 1.54) is 29.2 Å². The van der Waals surface area contributed by atoms with Crippen molar-refractivity contribution in [3.8, 4) is 0 Å². The van der Waals surface area contributed by atoms with Gasteiger partial charge in [0.15, 0.2) is 0 Å². The molecule has 0 fully saturated rings. The van der Waals surface area contributed by atoms with Gasteiger partial charge in [-0.2, -0.15) is 4.98 Å². The van der Waals surface area contributed by atoms with Gasteiger partial charge in [-0.1, -0.05) is 48.5 Å². The normalized spacial score (nSPS) is 11.4. The van der Waals surface area contributed by atoms with Crippen LogP contribution in [0, 0.1) is 5.82 Å². The molecule has 32 heavy (non-hydrogen) atoms. The molecule has 160 valence electrons. The van der Waals surface area contributed by atoms with E-state index in [0.29, 0.717) is 23.1 Å². The summed E-state index contributed by atoms with van der Waals surface area (Å²) in [6.07, 6.45) is 1.58. The summed E-state index contributed by atoms with van der Waals surface area (Å²) in [6, 6.07) is 25.8. The number of carbonyl (C=O) groups is 1. The maximum absolute atomic E-state index is 13.5. The van der Waals surface area contributed by atoms with Crippen LogP contribution in [0.5, 0.6) is 0 Å². The molecule has 0 spiro atoms. The van der Waals surface area contributed by atoms with Crippen molar-refractivity contribution < 1.29 is 9.18 Å². The number of amides is 2. The van der Waals surface area contributed by atoms with Crippen molar-refractivity contribution in [2.24, 2.45) is 0 Å². The van der Waals surface area contributed by atoms with E-state index in [4.69, 9.17) is 0 Å². The molecular weight excluding hydrogens is 405 g/mol. The Bertz CT molecular complexity index is 1170. The van der Waals surface area contributed by atoms with Gasteiger partial charge in [-0.15, -0.1) is 0 Å². The summed E-state index contributed by atoms with van der Waals surface area (Å²) >= 11 is 0. The quantitative estimate of drug-likeness (QED) is 0.387. The largest absolute Gasteiger partial charge is 0.348 e. The lowest BCUT2D eigenvalue weighted by molar-refractivity contribution is 0.259. The highest BCUT2D eigenvalue weighted by atomic mass is 19.1. The highest BCUT2D eigenvalue weighted by Crippen LogP contribution is 2.26. The Labute approximate surface area is 185 Å². The van der Waals surface area contributed by atoms with E-state index in [-0.39, 0.29) is 11.9 Å². The zero-order valence-electron chi connectivity index (χ0n) is 17.4. The standard InChI is InChI=1S/C25H22FN5O/c1-18(19-8-4-2-5-9-19)28-24-27-17-16-23(30-24)31(22-14-12-20(26)13-15-22)25(32)29-21-10-6-3-7-11-21/h2-18H,1H3,(H,29,32)(H,27,28,30). The minimum Gasteiger partial charge on any atom is -0.348 e. The first-order valence-electron chi connectivity index (χ1n) is 10.2. The predicted octanol–water partition coefficient (Wildman–Crippen LogP) is 6.16. The summed E-state index contributed by atoms with van der Waals surface area (Å²) < 4.78 is 13.5. The lowest BCUT2D eigenvalue weighted by Gasteiger charge is -2.23. The second-order valence-corrected chi connectivity index (χ2v) is 7.12. The molecule has 4 aromatic rings. The summed E-state index contributed by atoms with van der Waals surface area (Å²) in [5.74, 6) is 0.333. The molecule has 1 heterocycles. The van der Waals surface area contributed by atoms with Gasteiger partial charge in [0.25, 0.3) is 0 Å². The van der Waals surface area contributed by atoms with E-state index in [0.717, 1.165) is 5.56 Å². The van der Waals surface area contributed by atoms with Crippen LogP contribution in [0.2, 0.25) is 0 Å². The van der Waals surface area contributed by atoms with Gasteiger partial charge in [0.2, 0.25) is 5.95 Å². The number of urea groups is 1. The third kappa shape index (κ3) is 5.07. The number of aromatic nitrogens is 2. The molecule has 1 aromatic heterocycles. The molecule has 0 aliphatic heterocycles. The molecule has 0 aliphatic rings. The molecule has 7 heteroatoms. The maximum atomic E-state index is 13.5. The van der Waals surface area contributed by atoms with Gasteiger partial charge in [-0.3, -0.25) is 0 Å². The minimum absolute atomic E-state index is 0.0381. The average molecular weight is 427 g/mol. The fourth-order valence-electron chi connectivity index (χ4n) is 3.21. The average Bonchev–Trinajstić information content (AvgIpc) is 2.82. The number of carbonyl (C=O) groups excluding carboxylic acids is 1. The zero-order valence-corrected chi connectivity index (χ0v) is 17.4. The van der Waals surface area contributed by atoms with Crippen LogP contribution in [0.4, 0.5) is 32.3 Å². The molecule has 4 rings (SSSR count). The number of anilines is 4. The SMILES string of the molecule is CC(Nc1nccc(N(C(=O)Nc2ccccc2)c2ccc(F)cc2)n1)c1ccccc1. The summed E-state index contributed by atoms with van der Waals surface area (Å²) in [7, 11) is 0. The number of halogens is 1. The van der Waals surface area contributed by atoms with Crippen molar-refractivity contribution in [2.75, 3.05) is 15.5 Å². The monoisotopic (exact) mass is 427 g/mol. The number of benzene rings is 3. The Kier molecular flexibility index (Phi) is 6.36. The molecule has 6 nitrogen and oxygen atoms in total. The molecule has 0 radical (unpaired) electrons. The van der Waals surface area contributed by atoms with Gasteiger partial charge < -0.3 is 10.6 Å². The smallest absolute Gasteiger partial charge is 0.332 e. The maximum Gasteiger partial charge on any atom is 0.332 e. The second kappa shape index (κ2) is 9.70. The highest BCUT2D eigenvalue weighted by molar-refractivity contribution is 6.06. The van der Waals surface area contributed by atoms with Gasteiger partial charge in [-0.25, -0.2) is 19.1 Å². The fourth-order valence-corrected chi connectivity index (χ4v) is 3.21. The van der Waals surface area contributed by atoms with E-state index in [1.54, 1.807) is 24.4 Å². The van der Waals surface area contributed by atoms with Crippen molar-refractivity contribution in [3.63, 3.8) is 0 Å². The number of hydrogen-bond donors (Lipinski definition) is 2. The van der Waals surface area contributed by atoms with Gasteiger partial charge in [0.05, 0.1) is 11.7 Å². The van der Waals surface area contributed by atoms with Crippen molar-refractivity contribution in [1.82, 2.24) is 9.97 Å². The van der Waals surface area contributed by atoms with Crippen molar-refractivity contribution in [3.05, 3.63) is 109 Å². The third-order valence-electron chi connectivity index (χ3n) is 4.83. The molecule has 2 N–H and O–H groups in total. The number of hydrogen-bond acceptors (Lipinski definition) is 4. The van der Waals surface area contributed by atoms with Crippen molar-refractivity contribution in [2.45, 2.75) is 13.0 Å². The molecule has 0 saturated heterocycles. The summed E-state index contributed by atoms with van der Waals surface area (Å²) in [5, 5.41) is 6.11. The first-order chi connectivity index (χ1) is 15.6. The van der Waals surface area contributed by atoms with Gasteiger partial charge in [-0.05, 0) is 48.9 Å². The lowest BCUT2D eigenvalue weighted by atomic mass is 10.1. The number of nitrogens with zero attached hydrogens (tertiary/aromatic N) is 3. The van der Waals surface area contributed by atoms with E-state index in [1.807, 2.05) is 55.5 Å². The molecule has 2 amide bonds. The van der Waals surface area contributed by atoms with Crippen LogP contribution in [0.3, 0.4) is 0 Å². The predicted molar refractivity (Wildman–Crippen MR) is 125 cm³/mol. The summed E-state index contributed by atoms with van der Waals surface area (Å²) in [4.78, 5) is 23.4. The van der Waals surface area contributed by atoms with Gasteiger partial charge >= 0.3 is 6.03 Å². The molecule has 3 aromatic carbocycles. The molecular formula is C25H22FN5O. The molecule has 0 bridgehead atoms.